The molecule has 33 nitrogen and oxygen atoms in total. The predicted molar refractivity (Wildman–Crippen MR) is 573 cm³/mol. The fourth-order valence-corrected chi connectivity index (χ4v) is 22.3. The Morgan fingerprint density at radius 2 is 0.630 bits per heavy atom. The van der Waals surface area contributed by atoms with Crippen LogP contribution in [0.25, 0.3) is 0 Å². The summed E-state index contributed by atoms with van der Waals surface area (Å²) in [6, 6.07) is 60.6. The number of phenols is 2. The topological polar surface area (TPSA) is 466 Å². The van der Waals surface area contributed by atoms with Crippen LogP contribution in [0.3, 0.4) is 0 Å². The van der Waals surface area contributed by atoms with E-state index in [0.29, 0.717) is 102 Å². The Morgan fingerprint density at radius 1 is 0.288 bits per heavy atom. The molecule has 10 heterocycles. The first-order valence-electron chi connectivity index (χ1n) is 47.7. The summed E-state index contributed by atoms with van der Waals surface area (Å²) in [5, 5.41) is 110. The second-order valence-electron chi connectivity index (χ2n) is 33.4. The molecular formula is C104H110N22O11S9. The summed E-state index contributed by atoms with van der Waals surface area (Å²) < 4.78 is 5.23. The number of amides is 4. The number of Topliss-reactive ketones (excluding diaryl/α,β-unsaturated/α-hetero) is 4. The number of rotatable bonds is 54. The highest BCUT2D eigenvalue weighted by atomic mass is 32.2. The van der Waals surface area contributed by atoms with Gasteiger partial charge in [0.2, 0.25) is 44.2 Å². The fraction of sp³-hybridized carbons (Fsp3) is 0.327. The van der Waals surface area contributed by atoms with Crippen molar-refractivity contribution in [3.63, 3.8) is 0 Å². The van der Waals surface area contributed by atoms with E-state index >= 15 is 0 Å². The van der Waals surface area contributed by atoms with Crippen LogP contribution in [-0.2, 0) is 173 Å². The monoisotopic (exact) mass is 2130 g/mol. The van der Waals surface area contributed by atoms with Gasteiger partial charge in [-0.05, 0) is 158 Å². The van der Waals surface area contributed by atoms with Crippen molar-refractivity contribution in [2.24, 2.45) is 0 Å². The van der Waals surface area contributed by atoms with Crippen LogP contribution in [0.2, 0.25) is 0 Å². The summed E-state index contributed by atoms with van der Waals surface area (Å²) in [5.74, 6) is 2.78. The number of ketones is 4. The average Bonchev–Trinajstić information content (AvgIpc) is 1.59. The molecule has 756 valence electrons. The molecule has 0 aliphatic rings. The number of methoxy groups -OCH3 is 1. The van der Waals surface area contributed by atoms with E-state index in [9.17, 15) is 48.6 Å². The van der Waals surface area contributed by atoms with Gasteiger partial charge >= 0.3 is 0 Å². The highest BCUT2D eigenvalue weighted by Crippen LogP contribution is 2.29. The number of nitrogens with zero attached hydrogens (tertiary/aromatic N) is 18. The zero-order valence-corrected chi connectivity index (χ0v) is 87.9. The number of nitrogens with one attached hydrogen (secondary N) is 4. The molecule has 16 rings (SSSR count). The number of carbonyl (C=O) groups excluding carboxylic acids is 8. The molecular weight excluding hydrogens is 2020 g/mol. The molecule has 0 aliphatic carbocycles. The van der Waals surface area contributed by atoms with Gasteiger partial charge in [0.05, 0.1) is 45.6 Å². The first-order chi connectivity index (χ1) is 71.2. The lowest BCUT2D eigenvalue weighted by atomic mass is 10.0. The number of aromatic nitrogens is 18. The molecule has 0 unspecified atom stereocenters. The van der Waals surface area contributed by atoms with E-state index in [1.807, 2.05) is 140 Å². The van der Waals surface area contributed by atoms with Gasteiger partial charge in [-0.25, -0.2) is 0 Å². The predicted octanol–water partition coefficient (Wildman–Crippen LogP) is 18.2. The number of benzene rings is 6. The van der Waals surface area contributed by atoms with Crippen molar-refractivity contribution in [1.29, 1.82) is 0 Å². The van der Waals surface area contributed by atoms with E-state index in [1.165, 1.54) is 102 Å². The van der Waals surface area contributed by atoms with E-state index < -0.39 is 0 Å². The lowest BCUT2D eigenvalue weighted by Crippen LogP contribution is -2.14. The third-order valence-corrected chi connectivity index (χ3v) is 30.4. The third kappa shape index (κ3) is 40.4. The molecule has 0 spiro atoms. The molecule has 0 radical (unpaired) electrons. The Bertz CT molecular complexity index is 6210. The van der Waals surface area contributed by atoms with Crippen molar-refractivity contribution in [2.45, 2.75) is 205 Å². The van der Waals surface area contributed by atoms with Gasteiger partial charge < -0.3 is 36.2 Å². The minimum Gasteiger partial charge on any atom is -0.508 e. The number of aryl methyl sites for hydroxylation is 12. The first kappa shape index (κ1) is 110. The third-order valence-electron chi connectivity index (χ3n) is 21.8. The maximum absolute atomic E-state index is 12.5. The van der Waals surface area contributed by atoms with Crippen molar-refractivity contribution in [1.82, 2.24) is 91.5 Å². The Labute approximate surface area is 881 Å². The fourth-order valence-electron chi connectivity index (χ4n) is 14.4. The van der Waals surface area contributed by atoms with Gasteiger partial charge in [0, 0.05) is 119 Å². The van der Waals surface area contributed by atoms with E-state index in [0.717, 1.165) is 202 Å². The number of pyridine rings is 2. The van der Waals surface area contributed by atoms with Crippen molar-refractivity contribution < 1.29 is 53.3 Å². The molecule has 6 aromatic carbocycles. The Balaban J connectivity index is 0.000000163. The molecule has 0 saturated heterocycles. The van der Waals surface area contributed by atoms with E-state index in [4.69, 9.17) is 4.74 Å². The highest BCUT2D eigenvalue weighted by Gasteiger charge is 2.21. The number of ether oxygens (including phenoxy) is 1. The van der Waals surface area contributed by atoms with Gasteiger partial charge in [-0.3, -0.25) is 48.3 Å². The molecule has 0 aliphatic heterocycles. The molecule has 42 heteroatoms. The second kappa shape index (κ2) is 60.4. The molecule has 10 aromatic heterocycles. The number of carbonyl (C=O) groups is 8. The van der Waals surface area contributed by atoms with Crippen molar-refractivity contribution >= 4 is 170 Å². The van der Waals surface area contributed by atoms with Gasteiger partial charge in [-0.2, -0.15) is 11.8 Å². The minimum atomic E-state index is -0.167. The molecule has 0 atom stereocenters. The summed E-state index contributed by atoms with van der Waals surface area (Å²) in [6.45, 7) is 2.14. The van der Waals surface area contributed by atoms with Gasteiger partial charge in [-0.15, -0.1) is 127 Å². The number of thioether (sulfide) groups is 1. The van der Waals surface area contributed by atoms with Crippen LogP contribution in [0, 0.1) is 0 Å². The minimum absolute atomic E-state index is 0.0772. The number of hydrogen-bond acceptors (Lipinski definition) is 38. The van der Waals surface area contributed by atoms with Crippen LogP contribution in [0.5, 0.6) is 17.2 Å². The molecule has 0 bridgehead atoms. The van der Waals surface area contributed by atoms with Crippen molar-refractivity contribution in [3.8, 4) is 17.2 Å². The molecule has 4 amide bonds. The van der Waals surface area contributed by atoms with Crippen molar-refractivity contribution in [2.75, 3.05) is 34.1 Å². The maximum atomic E-state index is 12.5. The van der Waals surface area contributed by atoms with Crippen molar-refractivity contribution in [3.05, 3.63) is 317 Å². The largest absolute Gasteiger partial charge is 0.508 e. The summed E-state index contributed by atoms with van der Waals surface area (Å²) in [5.41, 5.74) is 8.52. The van der Waals surface area contributed by atoms with Crippen LogP contribution >= 0.6 is 102 Å². The maximum Gasteiger partial charge on any atom is 0.232 e. The number of hydrogen-bond donors (Lipinski definition) is 6. The highest BCUT2D eigenvalue weighted by molar-refractivity contribution is 7.98. The lowest BCUT2D eigenvalue weighted by molar-refractivity contribution is -0.119. The van der Waals surface area contributed by atoms with Crippen LogP contribution < -0.4 is 26.0 Å². The first-order valence-corrected chi connectivity index (χ1v) is 55.4. The number of unbranched alkanes of at least 4 members (excludes halogenated alkanes) is 3. The quantitative estimate of drug-likeness (QED) is 0.0193. The van der Waals surface area contributed by atoms with Gasteiger partial charge in [0.1, 0.15) is 100 Å². The zero-order valence-electron chi connectivity index (χ0n) is 80.6. The standard InChI is InChI=1S/C30H35N5O3S2.C27H29N5O4S2.C24H23N5O2S3.C23H23N7O2S2/c1-3-21-8-6-9-22(18-21)14-16-24(36)20-29-34-32-27(39-29)12-4-5-13-28-33-35-30(40-28)31-26(37)17-15-23-10-7-11-25(19-23)38-2;33-20(15-13-18-7-1-3-9-21(18)34)17-26-31-29-24(37-26)11-5-6-12-25-30-32-27(38-25)28-23(36)16-14-19-8-2-4-10-22(19)35;30-19(13-17-7-3-1-4-8-17)15-22-27-28-23(33-22)16-32-12-11-21-26-29-24(34-21)25-20(31)14-18-9-5-2-6-10-18;31-18(13-16-7-3-5-11-24-16)15-22-29-27-20(33-22)9-1-2-10-21-28-30-23(34-21)26-19(32)14-17-8-4-6-12-25-17/h6-11,18-19H,3-5,12-17,20H2,1-2H3,(H,31,35,37);1-4,7-10,34-35H,5-6,11-17H2,(H,28,32,36);1-10H,11-16H2,(H,25,29,31);3-8,11-12H,1-2,9-10,13-15H2,(H,26,30,32). The summed E-state index contributed by atoms with van der Waals surface area (Å²) >= 11 is 13.3. The zero-order chi connectivity index (χ0) is 102. The van der Waals surface area contributed by atoms with Gasteiger partial charge in [0.15, 0.2) is 0 Å². The molecule has 146 heavy (non-hydrogen) atoms. The molecule has 6 N–H and O–H groups in total. The normalized spacial score (nSPS) is 10.9. The molecule has 16 aromatic rings. The van der Waals surface area contributed by atoms with E-state index in [2.05, 4.69) is 144 Å². The number of phenolic OH excluding ortho intramolecular Hbond substituents is 2. The number of para-hydroxylation sites is 2. The smallest absolute Gasteiger partial charge is 0.232 e. The molecule has 0 fully saturated rings. The lowest BCUT2D eigenvalue weighted by Gasteiger charge is -2.04. The average molecular weight is 2130 g/mol. The Kier molecular flexibility index (Phi) is 45.3. The molecule has 0 saturated carbocycles. The summed E-state index contributed by atoms with van der Waals surface area (Å²) in [7, 11) is 1.63. The van der Waals surface area contributed by atoms with Crippen LogP contribution in [0.1, 0.15) is 182 Å². The Hall–Kier alpha value is -13.6. The van der Waals surface area contributed by atoms with Gasteiger partial charge in [0.25, 0.3) is 0 Å². The van der Waals surface area contributed by atoms with Crippen LogP contribution in [0.4, 0.5) is 20.5 Å². The SMILES string of the molecule is CCc1cccc(CCC(=O)Cc2nnc(CCCCc3nnc(NC(=O)CCc4cccc(OC)c4)s3)s2)c1.O=C(CCc1ccccc1O)Cc1nnc(CCCCc2nnc(NC(=O)CCc3ccccc3O)s2)s1.O=C(Cc1ccccc1)Cc1nnc(CSCCc2nnc(NC(=O)Cc3ccccc3)s2)s1.O=C(Cc1ccccn1)Cc1nnc(CCCCc2nnc(NC(=O)Cc3ccccn3)s2)s1. The number of aromatic hydroxyl groups is 2. The van der Waals surface area contributed by atoms with Crippen LogP contribution in [0.15, 0.2) is 207 Å². The van der Waals surface area contributed by atoms with Gasteiger partial charge in [-0.1, -0.05) is 198 Å². The summed E-state index contributed by atoms with van der Waals surface area (Å²) in [6.07, 6.45) is 21.7. The summed E-state index contributed by atoms with van der Waals surface area (Å²) in [4.78, 5) is 106. The van der Waals surface area contributed by atoms with Crippen LogP contribution in [-0.4, -0.2) is 161 Å². The second-order valence-corrected chi connectivity index (χ2v) is 43.4. The van der Waals surface area contributed by atoms with E-state index in [1.54, 1.807) is 61.6 Å². The van der Waals surface area contributed by atoms with E-state index in [-0.39, 0.29) is 83.9 Å². The number of anilines is 4. The Morgan fingerprint density at radius 3 is 1.10 bits per heavy atom.